The molecule has 1 amide bonds. The van der Waals surface area contributed by atoms with Gasteiger partial charge in [0.15, 0.2) is 0 Å². The van der Waals surface area contributed by atoms with Crippen molar-refractivity contribution in [3.63, 3.8) is 0 Å². The van der Waals surface area contributed by atoms with E-state index in [0.29, 0.717) is 5.69 Å². The maximum atomic E-state index is 12.8. The molecule has 5 nitrogen and oxygen atoms in total. The van der Waals surface area contributed by atoms with Crippen LogP contribution in [0.15, 0.2) is 102 Å². The molecule has 3 rings (SSSR count). The van der Waals surface area contributed by atoms with Gasteiger partial charge in [0.25, 0.3) is 5.91 Å². The fourth-order valence-corrected chi connectivity index (χ4v) is 3.21. The predicted molar refractivity (Wildman–Crippen MR) is 118 cm³/mol. The smallest absolute Gasteiger partial charge is 0.264 e. The Kier molecular flexibility index (Phi) is 7.27. The van der Waals surface area contributed by atoms with E-state index < -0.39 is 5.91 Å². The van der Waals surface area contributed by atoms with Crippen LogP contribution in [-0.2, 0) is 4.79 Å². The Balaban J connectivity index is 1.77. The summed E-state index contributed by atoms with van der Waals surface area (Å²) in [7, 11) is 0. The molecule has 0 radical (unpaired) electrons. The first-order valence-corrected chi connectivity index (χ1v) is 9.96. The number of rotatable bonds is 7. The number of hydrogen-bond acceptors (Lipinski definition) is 5. The van der Waals surface area contributed by atoms with Crippen molar-refractivity contribution in [3.05, 3.63) is 108 Å². The Morgan fingerprint density at radius 1 is 0.867 bits per heavy atom. The number of anilines is 1. The van der Waals surface area contributed by atoms with Gasteiger partial charge in [0.1, 0.15) is 17.0 Å². The predicted octanol–water partition coefficient (Wildman–Crippen LogP) is 4.98. The molecule has 0 saturated heterocycles. The summed E-state index contributed by atoms with van der Waals surface area (Å²) in [6.45, 7) is 0. The zero-order valence-corrected chi connectivity index (χ0v) is 16.8. The number of nitriles is 2. The molecule has 0 unspecified atom stereocenters. The summed E-state index contributed by atoms with van der Waals surface area (Å²) in [5.41, 5.74) is 2.52. The fourth-order valence-electron chi connectivity index (χ4n) is 2.83. The highest BCUT2D eigenvalue weighted by atomic mass is 32.2. The zero-order valence-electron chi connectivity index (χ0n) is 15.9. The lowest BCUT2D eigenvalue weighted by Gasteiger charge is -2.19. The minimum absolute atomic E-state index is 0.0395. The standard InChI is InChI=1S/C24H18N4OS/c25-15-20(16-27-21-11-13-22(14-12-21)30-17-26)24(29)28-23(18-7-3-1-4-8-18)19-9-5-2-6-10-19/h1-14,16,23,27H,(H,28,29)/b20-16-. The first-order valence-electron chi connectivity index (χ1n) is 9.15. The Morgan fingerprint density at radius 2 is 1.43 bits per heavy atom. The second-order valence-electron chi connectivity index (χ2n) is 6.26. The number of carbonyl (C=O) groups is 1. The maximum Gasteiger partial charge on any atom is 0.264 e. The van der Waals surface area contributed by atoms with E-state index in [4.69, 9.17) is 5.26 Å². The van der Waals surface area contributed by atoms with Crippen molar-refractivity contribution in [2.45, 2.75) is 10.9 Å². The highest BCUT2D eigenvalue weighted by Crippen LogP contribution is 2.22. The Labute approximate surface area is 179 Å². The molecule has 0 heterocycles. The van der Waals surface area contributed by atoms with Gasteiger partial charge >= 0.3 is 0 Å². The van der Waals surface area contributed by atoms with E-state index in [0.717, 1.165) is 27.8 Å². The zero-order chi connectivity index (χ0) is 21.2. The van der Waals surface area contributed by atoms with Crippen LogP contribution in [0.25, 0.3) is 0 Å². The minimum Gasteiger partial charge on any atom is -0.360 e. The number of nitrogens with one attached hydrogen (secondary N) is 2. The molecule has 0 spiro atoms. The van der Waals surface area contributed by atoms with Gasteiger partial charge in [-0.2, -0.15) is 10.5 Å². The van der Waals surface area contributed by atoms with Crippen molar-refractivity contribution in [2.75, 3.05) is 5.32 Å². The molecular weight excluding hydrogens is 392 g/mol. The monoisotopic (exact) mass is 410 g/mol. The normalized spacial score (nSPS) is 10.7. The Bertz CT molecular complexity index is 1060. The first kappa shape index (κ1) is 20.7. The Hall–Kier alpha value is -4.00. The molecule has 0 fully saturated rings. The average Bonchev–Trinajstić information content (AvgIpc) is 2.80. The van der Waals surface area contributed by atoms with Crippen LogP contribution < -0.4 is 10.6 Å². The van der Waals surface area contributed by atoms with Crippen LogP contribution in [0.1, 0.15) is 17.2 Å². The number of thiocyanates is 1. The Morgan fingerprint density at radius 3 is 1.93 bits per heavy atom. The first-order chi connectivity index (χ1) is 14.7. The molecule has 0 atom stereocenters. The van der Waals surface area contributed by atoms with Gasteiger partial charge in [-0.15, -0.1) is 0 Å². The van der Waals surface area contributed by atoms with E-state index in [2.05, 4.69) is 10.6 Å². The van der Waals surface area contributed by atoms with Crippen LogP contribution in [0.3, 0.4) is 0 Å². The SMILES string of the molecule is N#CSc1ccc(N/C=C(/C#N)C(=O)NC(c2ccccc2)c2ccccc2)cc1. The lowest BCUT2D eigenvalue weighted by atomic mass is 9.98. The molecule has 0 aromatic heterocycles. The topological polar surface area (TPSA) is 88.7 Å². The number of thioether (sulfide) groups is 1. The molecule has 0 aliphatic heterocycles. The van der Waals surface area contributed by atoms with E-state index in [9.17, 15) is 10.1 Å². The van der Waals surface area contributed by atoms with Gasteiger partial charge in [0.2, 0.25) is 0 Å². The summed E-state index contributed by atoms with van der Waals surface area (Å²) in [6, 6.07) is 27.9. The largest absolute Gasteiger partial charge is 0.360 e. The highest BCUT2D eigenvalue weighted by molar-refractivity contribution is 8.03. The number of hydrogen-bond donors (Lipinski definition) is 2. The second-order valence-corrected chi connectivity index (χ2v) is 7.12. The van der Waals surface area contributed by atoms with Gasteiger partial charge in [-0.1, -0.05) is 60.7 Å². The van der Waals surface area contributed by atoms with E-state index in [-0.39, 0.29) is 11.6 Å². The van der Waals surface area contributed by atoms with Crippen molar-refractivity contribution in [3.8, 4) is 11.5 Å². The number of nitrogens with zero attached hydrogens (tertiary/aromatic N) is 2. The molecule has 2 N–H and O–H groups in total. The van der Waals surface area contributed by atoms with Crippen LogP contribution >= 0.6 is 11.8 Å². The van der Waals surface area contributed by atoms with Crippen LogP contribution in [-0.4, -0.2) is 5.91 Å². The summed E-state index contributed by atoms with van der Waals surface area (Å²) in [5.74, 6) is -0.473. The van der Waals surface area contributed by atoms with Crippen molar-refractivity contribution in [2.24, 2.45) is 0 Å². The lowest BCUT2D eigenvalue weighted by molar-refractivity contribution is -0.117. The van der Waals surface area contributed by atoms with Crippen LogP contribution in [0.2, 0.25) is 0 Å². The second kappa shape index (κ2) is 10.5. The third kappa shape index (κ3) is 5.51. The summed E-state index contributed by atoms with van der Waals surface area (Å²) < 4.78 is 0. The average molecular weight is 411 g/mol. The van der Waals surface area contributed by atoms with Crippen molar-refractivity contribution >= 4 is 23.4 Å². The van der Waals surface area contributed by atoms with Gasteiger partial charge in [-0.3, -0.25) is 4.79 Å². The van der Waals surface area contributed by atoms with Crippen molar-refractivity contribution in [1.82, 2.24) is 5.32 Å². The molecule has 30 heavy (non-hydrogen) atoms. The molecule has 0 aliphatic carbocycles. The third-order valence-corrected chi connectivity index (χ3v) is 4.91. The summed E-state index contributed by atoms with van der Waals surface area (Å²) >= 11 is 1.07. The summed E-state index contributed by atoms with van der Waals surface area (Å²) in [6.07, 6.45) is 1.38. The molecule has 0 bridgehead atoms. The quantitative estimate of drug-likeness (QED) is 0.248. The molecule has 3 aromatic rings. The van der Waals surface area contributed by atoms with Crippen LogP contribution in [0.5, 0.6) is 0 Å². The van der Waals surface area contributed by atoms with E-state index in [1.54, 1.807) is 24.3 Å². The van der Waals surface area contributed by atoms with Crippen LogP contribution in [0.4, 0.5) is 5.69 Å². The van der Waals surface area contributed by atoms with Crippen molar-refractivity contribution in [1.29, 1.82) is 10.5 Å². The third-order valence-electron chi connectivity index (χ3n) is 4.31. The highest BCUT2D eigenvalue weighted by Gasteiger charge is 2.19. The molecule has 3 aromatic carbocycles. The van der Waals surface area contributed by atoms with Gasteiger partial charge < -0.3 is 10.6 Å². The van der Waals surface area contributed by atoms with E-state index in [1.165, 1.54) is 6.20 Å². The number of benzene rings is 3. The molecule has 146 valence electrons. The fraction of sp³-hybridized carbons (Fsp3) is 0.0417. The van der Waals surface area contributed by atoms with Crippen molar-refractivity contribution < 1.29 is 4.79 Å². The number of carbonyl (C=O) groups excluding carboxylic acids is 1. The van der Waals surface area contributed by atoms with E-state index in [1.807, 2.05) is 72.1 Å². The number of amides is 1. The maximum absolute atomic E-state index is 12.8. The minimum atomic E-state index is -0.473. The molecule has 0 aliphatic rings. The van der Waals surface area contributed by atoms with Gasteiger partial charge in [-0.25, -0.2) is 0 Å². The lowest BCUT2D eigenvalue weighted by Crippen LogP contribution is -2.30. The molecule has 6 heteroatoms. The van der Waals surface area contributed by atoms with Gasteiger partial charge in [0.05, 0.1) is 6.04 Å². The van der Waals surface area contributed by atoms with Crippen LogP contribution in [0, 0.1) is 22.0 Å². The summed E-state index contributed by atoms with van der Waals surface area (Å²) in [5, 5.41) is 26.1. The van der Waals surface area contributed by atoms with Gasteiger partial charge in [0, 0.05) is 16.8 Å². The van der Waals surface area contributed by atoms with E-state index >= 15 is 0 Å². The summed E-state index contributed by atoms with van der Waals surface area (Å²) in [4.78, 5) is 13.6. The molecule has 0 saturated carbocycles. The van der Waals surface area contributed by atoms with Gasteiger partial charge in [-0.05, 0) is 47.2 Å². The molecular formula is C24H18N4OS.